The van der Waals surface area contributed by atoms with Crippen molar-refractivity contribution in [1.29, 1.82) is 0 Å². The van der Waals surface area contributed by atoms with Gasteiger partial charge in [0.05, 0.1) is 25.2 Å². The Bertz CT molecular complexity index is 1140. The van der Waals surface area contributed by atoms with Gasteiger partial charge in [0.2, 0.25) is 5.91 Å². The van der Waals surface area contributed by atoms with Crippen molar-refractivity contribution >= 4 is 11.9 Å². The van der Waals surface area contributed by atoms with Gasteiger partial charge >= 0.3 is 5.97 Å². The Hall–Kier alpha value is -2.70. The van der Waals surface area contributed by atoms with Crippen molar-refractivity contribution < 1.29 is 24.5 Å². The Morgan fingerprint density at radius 2 is 0.885 bits per heavy atom. The minimum Gasteiger partial charge on any atom is -0.462 e. The zero-order chi connectivity index (χ0) is 44.5. The van der Waals surface area contributed by atoms with Gasteiger partial charge < -0.3 is 20.3 Å². The molecule has 0 saturated carbocycles. The lowest BCUT2D eigenvalue weighted by molar-refractivity contribution is -0.151. The monoisotopic (exact) mass is 852 g/mol. The van der Waals surface area contributed by atoms with Crippen molar-refractivity contribution in [3.8, 4) is 0 Å². The molecule has 0 aromatic carbocycles. The first kappa shape index (κ1) is 58.3. The number of carbonyl (C=O) groups is 2. The van der Waals surface area contributed by atoms with Gasteiger partial charge in [-0.3, -0.25) is 9.59 Å². The number of amides is 1. The summed E-state index contributed by atoms with van der Waals surface area (Å²) >= 11 is 0. The predicted octanol–water partition coefficient (Wildman–Crippen LogP) is 15.4. The molecule has 0 saturated heterocycles. The summed E-state index contributed by atoms with van der Waals surface area (Å²) in [5.41, 5.74) is 0. The van der Waals surface area contributed by atoms with E-state index in [1.54, 1.807) is 0 Å². The first-order chi connectivity index (χ1) is 30.0. The predicted molar refractivity (Wildman–Crippen MR) is 264 cm³/mol. The van der Waals surface area contributed by atoms with Crippen LogP contribution in [0.4, 0.5) is 0 Å². The average molecular weight is 852 g/mol. The summed E-state index contributed by atoms with van der Waals surface area (Å²) in [5, 5.41) is 23.7. The number of nitrogens with one attached hydrogen (secondary N) is 1. The van der Waals surface area contributed by atoms with Crippen molar-refractivity contribution in [2.45, 2.75) is 257 Å². The van der Waals surface area contributed by atoms with Gasteiger partial charge in [0.15, 0.2) is 0 Å². The number of allylic oxidation sites excluding steroid dienone is 12. The van der Waals surface area contributed by atoms with Crippen LogP contribution in [0.25, 0.3) is 0 Å². The van der Waals surface area contributed by atoms with E-state index in [0.29, 0.717) is 19.3 Å². The fourth-order valence-electron chi connectivity index (χ4n) is 7.39. The van der Waals surface area contributed by atoms with E-state index in [1.807, 2.05) is 0 Å². The first-order valence-electron chi connectivity index (χ1n) is 25.7. The molecule has 6 nitrogen and oxygen atoms in total. The van der Waals surface area contributed by atoms with Gasteiger partial charge in [-0.25, -0.2) is 0 Å². The van der Waals surface area contributed by atoms with Crippen LogP contribution >= 0.6 is 0 Å². The fourth-order valence-corrected chi connectivity index (χ4v) is 7.39. The standard InChI is InChI=1S/C55H97NO5/c1-4-7-10-13-16-19-22-24-26-27-28-29-32-34-37-40-43-46-51(61-55(60)48-45-42-39-36-33-30-25-23-20-17-14-11-8-5-2)49-54(59)56-52(50-57)53(58)47-44-41-38-35-31-21-18-15-12-9-6-3/h8,11,16-17,19-20,24-26,28-30,51-53,57-58H,4-7,9-10,12-15,18,21-23,27,31-50H2,1-3H3,(H,56,59)/b11-8+,19-16-,20-17+,26-24-,29-28-,30-25+. The van der Waals surface area contributed by atoms with Crippen molar-refractivity contribution in [3.05, 3.63) is 72.9 Å². The summed E-state index contributed by atoms with van der Waals surface area (Å²) in [4.78, 5) is 26.1. The third-order valence-corrected chi connectivity index (χ3v) is 11.3. The highest BCUT2D eigenvalue weighted by Crippen LogP contribution is 2.17. The maximum absolute atomic E-state index is 13.2. The van der Waals surface area contributed by atoms with Gasteiger partial charge in [-0.15, -0.1) is 0 Å². The van der Waals surface area contributed by atoms with Crippen LogP contribution in [0.15, 0.2) is 72.9 Å². The third-order valence-electron chi connectivity index (χ3n) is 11.3. The third kappa shape index (κ3) is 43.7. The Labute approximate surface area is 377 Å². The summed E-state index contributed by atoms with van der Waals surface area (Å²) in [6, 6.07) is -0.716. The Balaban J connectivity index is 4.69. The zero-order valence-electron chi connectivity index (χ0n) is 40.0. The Morgan fingerprint density at radius 1 is 0.492 bits per heavy atom. The van der Waals surface area contributed by atoms with Gasteiger partial charge in [0.25, 0.3) is 0 Å². The molecule has 0 radical (unpaired) electrons. The summed E-state index contributed by atoms with van der Waals surface area (Å²) in [6.07, 6.45) is 61.0. The highest BCUT2D eigenvalue weighted by Gasteiger charge is 2.24. The van der Waals surface area contributed by atoms with E-state index in [1.165, 1.54) is 77.0 Å². The van der Waals surface area contributed by atoms with E-state index < -0.39 is 18.2 Å². The smallest absolute Gasteiger partial charge is 0.306 e. The first-order valence-corrected chi connectivity index (χ1v) is 25.7. The van der Waals surface area contributed by atoms with Gasteiger partial charge in [0.1, 0.15) is 6.10 Å². The molecule has 0 aliphatic carbocycles. The summed E-state index contributed by atoms with van der Waals surface area (Å²) in [6.45, 7) is 6.32. The molecular formula is C55H97NO5. The molecule has 352 valence electrons. The molecule has 6 heteroatoms. The number of hydrogen-bond donors (Lipinski definition) is 3. The average Bonchev–Trinajstić information content (AvgIpc) is 3.25. The number of ether oxygens (including phenoxy) is 1. The molecule has 0 aromatic rings. The lowest BCUT2D eigenvalue weighted by Crippen LogP contribution is -2.46. The minimum absolute atomic E-state index is 0.0509. The SMILES string of the molecule is CC/C=C/C/C=C/C/C=C/CCCCCCC(=O)OC(CCCCCC/C=C\C/C=C\C/C=C\CCCCC)CC(=O)NC(CO)C(O)CCCCCCCCCCCCC. The molecule has 0 heterocycles. The quantitative estimate of drug-likeness (QED) is 0.0322. The summed E-state index contributed by atoms with van der Waals surface area (Å²) in [7, 11) is 0. The van der Waals surface area contributed by atoms with Crippen LogP contribution < -0.4 is 5.32 Å². The number of rotatable bonds is 45. The van der Waals surface area contributed by atoms with Crippen LogP contribution in [-0.2, 0) is 14.3 Å². The Morgan fingerprint density at radius 3 is 1.38 bits per heavy atom. The lowest BCUT2D eigenvalue weighted by Gasteiger charge is -2.24. The zero-order valence-corrected chi connectivity index (χ0v) is 40.0. The van der Waals surface area contributed by atoms with E-state index in [-0.39, 0.29) is 24.9 Å². The maximum atomic E-state index is 13.2. The van der Waals surface area contributed by atoms with E-state index in [9.17, 15) is 19.8 Å². The maximum Gasteiger partial charge on any atom is 0.306 e. The number of aliphatic hydroxyl groups is 2. The van der Waals surface area contributed by atoms with Crippen LogP contribution in [0.3, 0.4) is 0 Å². The number of carbonyl (C=O) groups excluding carboxylic acids is 2. The minimum atomic E-state index is -0.800. The van der Waals surface area contributed by atoms with E-state index in [0.717, 1.165) is 116 Å². The molecule has 3 atom stereocenters. The topological polar surface area (TPSA) is 95.9 Å². The molecule has 0 fully saturated rings. The molecule has 0 bridgehead atoms. The molecule has 3 N–H and O–H groups in total. The van der Waals surface area contributed by atoms with Crippen molar-refractivity contribution in [3.63, 3.8) is 0 Å². The molecule has 0 rings (SSSR count). The number of hydrogen-bond acceptors (Lipinski definition) is 5. The summed E-state index contributed by atoms with van der Waals surface area (Å²) < 4.78 is 5.91. The molecule has 0 aliphatic rings. The summed E-state index contributed by atoms with van der Waals surface area (Å²) in [5.74, 6) is -0.524. The molecule has 1 amide bonds. The molecule has 0 aliphatic heterocycles. The van der Waals surface area contributed by atoms with Gasteiger partial charge in [0, 0.05) is 6.42 Å². The van der Waals surface area contributed by atoms with Crippen LogP contribution in [0.2, 0.25) is 0 Å². The molecule has 61 heavy (non-hydrogen) atoms. The van der Waals surface area contributed by atoms with Crippen molar-refractivity contribution in [1.82, 2.24) is 5.32 Å². The van der Waals surface area contributed by atoms with Crippen LogP contribution in [-0.4, -0.2) is 46.9 Å². The van der Waals surface area contributed by atoms with Gasteiger partial charge in [-0.2, -0.15) is 0 Å². The molecule has 3 unspecified atom stereocenters. The molecular weight excluding hydrogens is 755 g/mol. The highest BCUT2D eigenvalue weighted by atomic mass is 16.5. The fraction of sp³-hybridized carbons (Fsp3) is 0.745. The van der Waals surface area contributed by atoms with Gasteiger partial charge in [-0.05, 0) is 96.3 Å². The van der Waals surface area contributed by atoms with Crippen molar-refractivity contribution in [2.24, 2.45) is 0 Å². The van der Waals surface area contributed by atoms with Crippen LogP contribution in [0.5, 0.6) is 0 Å². The molecule has 0 spiro atoms. The van der Waals surface area contributed by atoms with E-state index >= 15 is 0 Å². The second-order valence-electron chi connectivity index (χ2n) is 17.2. The Kier molecular flexibility index (Phi) is 46.2. The number of aliphatic hydroxyl groups excluding tert-OH is 2. The normalized spacial score (nSPS) is 13.9. The van der Waals surface area contributed by atoms with Gasteiger partial charge in [-0.1, -0.05) is 203 Å². The second-order valence-corrected chi connectivity index (χ2v) is 17.2. The number of esters is 1. The van der Waals surface area contributed by atoms with Crippen molar-refractivity contribution in [2.75, 3.05) is 6.61 Å². The van der Waals surface area contributed by atoms with Crippen LogP contribution in [0, 0.1) is 0 Å². The second kappa shape index (κ2) is 48.3. The van der Waals surface area contributed by atoms with Crippen LogP contribution in [0.1, 0.15) is 239 Å². The number of unbranched alkanes of at least 4 members (excludes halogenated alkanes) is 21. The highest BCUT2D eigenvalue weighted by molar-refractivity contribution is 5.77. The molecule has 0 aromatic heterocycles. The largest absolute Gasteiger partial charge is 0.462 e. The van der Waals surface area contributed by atoms with E-state index in [2.05, 4.69) is 99.0 Å². The van der Waals surface area contributed by atoms with E-state index in [4.69, 9.17) is 4.74 Å². The lowest BCUT2D eigenvalue weighted by atomic mass is 10.0.